The minimum atomic E-state index is -2.12. The van der Waals surface area contributed by atoms with E-state index in [1.165, 1.54) is 120 Å². The molecule has 0 saturated heterocycles. The number of esters is 1. The average molecular weight is 1910 g/mol. The molecule has 4 aliphatic heterocycles. The van der Waals surface area contributed by atoms with Gasteiger partial charge in [0.25, 0.3) is 35.4 Å². The van der Waals surface area contributed by atoms with Gasteiger partial charge < -0.3 is 88.5 Å². The lowest BCUT2D eigenvalue weighted by Crippen LogP contribution is -2.54. The van der Waals surface area contributed by atoms with Gasteiger partial charge in [0.05, 0.1) is 81.4 Å². The molecule has 0 saturated carbocycles. The lowest BCUT2D eigenvalue weighted by atomic mass is 9.80. The lowest BCUT2D eigenvalue weighted by Gasteiger charge is -2.41. The third-order valence-electron chi connectivity index (χ3n) is 22.8. The van der Waals surface area contributed by atoms with Crippen molar-refractivity contribution in [3.63, 3.8) is 0 Å². The number of fused-ring (bicyclic) bond motifs is 7. The van der Waals surface area contributed by atoms with Crippen LogP contribution in [0.5, 0.6) is 0 Å². The normalized spacial score (nSPS) is 25.2. The Hall–Kier alpha value is -12.3. The predicted octanol–water partition coefficient (Wildman–Crippen LogP) is 4.81. The first-order valence-electron chi connectivity index (χ1n) is 41.7. The molecule has 700 valence electrons. The van der Waals surface area contributed by atoms with Crippen LogP contribution in [0.4, 0.5) is 0 Å². The van der Waals surface area contributed by atoms with Crippen molar-refractivity contribution in [1.82, 2.24) is 72.8 Å². The molecule has 9 heterocycles. The van der Waals surface area contributed by atoms with E-state index in [-0.39, 0.29) is 94.5 Å². The highest BCUT2D eigenvalue weighted by Gasteiger charge is 2.52. The predicted molar refractivity (Wildman–Crippen MR) is 485 cm³/mol. The number of benzene rings is 1. The number of carbonyl (C=O) groups is 14. The molecule has 0 radical (unpaired) electrons. The van der Waals surface area contributed by atoms with Gasteiger partial charge in [0, 0.05) is 81.6 Å². The van der Waals surface area contributed by atoms with Crippen LogP contribution >= 0.6 is 57.1 Å². The number of cyclic esters (lactones) is 1. The van der Waals surface area contributed by atoms with Crippen molar-refractivity contribution in [3.05, 3.63) is 183 Å². The van der Waals surface area contributed by atoms with Crippen molar-refractivity contribution in [2.75, 3.05) is 5.75 Å². The van der Waals surface area contributed by atoms with Crippen molar-refractivity contribution in [2.24, 2.45) is 38.6 Å². The van der Waals surface area contributed by atoms with E-state index in [4.69, 9.17) is 30.3 Å². The van der Waals surface area contributed by atoms with Gasteiger partial charge in [-0.3, -0.25) is 72.8 Å². The number of amides is 9. The summed E-state index contributed by atoms with van der Waals surface area (Å²) in [4.78, 5) is 238. The fraction of sp³-hybridized carbons (Fsp3) is 0.425. The molecule has 5 aromatic heterocycles. The van der Waals surface area contributed by atoms with Gasteiger partial charge in [0.2, 0.25) is 23.3 Å². The Morgan fingerprint density at radius 1 is 0.795 bits per heavy atom. The number of carboxylic acids is 1. The maximum atomic E-state index is 15.6. The van der Waals surface area contributed by atoms with Crippen LogP contribution in [0.1, 0.15) is 252 Å². The Morgan fingerprint density at radius 3 is 2.17 bits per heavy atom. The molecular weight excluding hydrogens is 1810 g/mol. The van der Waals surface area contributed by atoms with Crippen LogP contribution in [0.25, 0.3) is 6.08 Å². The number of thioether (sulfide) groups is 1. The maximum Gasteiger partial charge on any atom is 0.357 e. The van der Waals surface area contributed by atoms with Gasteiger partial charge in [-0.2, -0.15) is 0 Å². The first-order valence-corrected chi connectivity index (χ1v) is 46.2. The first kappa shape index (κ1) is 100. The second-order valence-corrected chi connectivity index (χ2v) is 37.6. The molecule has 132 heavy (non-hydrogen) atoms. The molecule has 40 nitrogen and oxygen atoms in total. The average Bonchev–Trinajstić information content (AvgIpc) is 1.55. The number of primary amides is 1. The third kappa shape index (κ3) is 22.9. The van der Waals surface area contributed by atoms with Crippen molar-refractivity contribution in [2.45, 2.75) is 211 Å². The number of allylic oxidation sites excluding steroid dienone is 2. The quantitative estimate of drug-likeness (QED) is 0.0237. The summed E-state index contributed by atoms with van der Waals surface area (Å²) in [6, 6.07) is -1.19. The number of Topliss-reactive ketones (excluding diaryl/α,β-unsaturated/α-hetero) is 3. The third-order valence-corrected chi connectivity index (χ3v) is 27.7. The Balaban J connectivity index is 1.03. The Kier molecular flexibility index (Phi) is 31.9. The van der Waals surface area contributed by atoms with Crippen LogP contribution in [-0.4, -0.2) is 214 Å². The number of thiazole rings is 4. The summed E-state index contributed by atoms with van der Waals surface area (Å²) in [5.41, 5.74) is -2.97. The summed E-state index contributed by atoms with van der Waals surface area (Å²) in [6.45, 7) is 24.7. The van der Waals surface area contributed by atoms with Crippen LogP contribution < -0.4 is 53.6 Å². The number of nitrogens with two attached hydrogens (primary N) is 1. The minimum absolute atomic E-state index is 0.00103. The molecule has 1 aliphatic carbocycles. The summed E-state index contributed by atoms with van der Waals surface area (Å²) >= 11 is 4.46. The summed E-state index contributed by atoms with van der Waals surface area (Å²) < 4.78 is 6.31. The van der Waals surface area contributed by atoms with Crippen LogP contribution in [0.2, 0.25) is 0 Å². The zero-order valence-corrected chi connectivity index (χ0v) is 77.6. The van der Waals surface area contributed by atoms with Crippen molar-refractivity contribution in [3.8, 4) is 0 Å². The van der Waals surface area contributed by atoms with Crippen LogP contribution in [0.3, 0.4) is 0 Å². The van der Waals surface area contributed by atoms with E-state index < -0.39 is 237 Å². The van der Waals surface area contributed by atoms with Gasteiger partial charge in [0.15, 0.2) is 17.3 Å². The smallest absolute Gasteiger partial charge is 0.357 e. The van der Waals surface area contributed by atoms with Crippen LogP contribution in [0, 0.1) is 17.8 Å². The molecule has 5 aliphatic rings. The summed E-state index contributed by atoms with van der Waals surface area (Å²) in [5.74, 6) is -17.4. The molecule has 0 spiro atoms. The molecule has 1 aromatic carbocycles. The molecular formula is C87H100N18O22S5. The molecule has 17 N–H and O–H groups in total. The number of nitrogens with zero attached hydrogens (tertiary/aromatic N) is 8. The van der Waals surface area contributed by atoms with E-state index in [0.29, 0.717) is 12.0 Å². The van der Waals surface area contributed by atoms with Gasteiger partial charge in [-0.05, 0) is 103 Å². The highest BCUT2D eigenvalue weighted by atomic mass is 32.2. The van der Waals surface area contributed by atoms with Crippen molar-refractivity contribution < 1.29 is 107 Å². The van der Waals surface area contributed by atoms with E-state index in [0.717, 1.165) is 69.5 Å². The fourth-order valence-corrected chi connectivity index (χ4v) is 19.3. The number of aliphatic carboxylic acids is 1. The highest BCUT2D eigenvalue weighted by Crippen LogP contribution is 2.49. The number of carboxylic acid groups (broad SMARTS) is 1. The molecule has 45 heteroatoms. The van der Waals surface area contributed by atoms with Gasteiger partial charge in [-0.25, -0.2) is 34.5 Å². The van der Waals surface area contributed by atoms with Crippen molar-refractivity contribution >= 4 is 163 Å². The largest absolute Gasteiger partial charge is 0.478 e. The highest BCUT2D eigenvalue weighted by molar-refractivity contribution is 8.14. The number of nitrogens with one attached hydrogen (secondary N) is 9. The van der Waals surface area contributed by atoms with E-state index in [9.17, 15) is 83.4 Å². The van der Waals surface area contributed by atoms with Gasteiger partial charge in [-0.1, -0.05) is 82.8 Å². The standard InChI is InChI=1S/C87H100N18O22S5/c1-15-36(3)63-62(111)25-37(4)70(114)91-39(6)60(109)24-38(5)71(115)105-87-23-22-52(80-101-57(34-130-80)74(118)92-40(7)72(116)97-54(69(88)113)30-89-73(117)46-19-17-18-45(26-46)29-90-127-85(12,13)84(123)124)95-68(87)56-32-131-81(99-56)65(43(10)126-82(122)53-27-48(41(8)106)47-20-21-51(93-63)67(112)66(47)94-53)104-75(119)58-33-128-78(100-58)49(86(14,125)44(11)108)28-61(110)55-31-129-79(98-55)50(16-2)96-77(121)64(42(9)107)103-76(120)59-35-132-83(87)102-59/h16-21,26-27,29-30,32-38,41-44,49,51,55,63-65,67-68,93,106-108,112,125H,6-7,15,22-25,28,31H2,1-5,8-14H3,(H2,88,113)(H,89,117)(H,91,114)(H,92,118)(H,96,121)(H,97,116)(H,103,120)(H,104,119)(H,105,115)(H,123,124)/b50-16-,54-30?,90-29?. The number of aliphatic imine (C=N–C) groups is 2. The van der Waals surface area contributed by atoms with Crippen LogP contribution in [0.15, 0.2) is 121 Å². The van der Waals surface area contributed by atoms with E-state index >= 15 is 14.4 Å². The second kappa shape index (κ2) is 42.1. The Bertz CT molecular complexity index is 5820. The van der Waals surface area contributed by atoms with E-state index in [2.05, 4.69) is 86.1 Å². The summed E-state index contributed by atoms with van der Waals surface area (Å²) in [5, 5.41) is 101. The van der Waals surface area contributed by atoms with E-state index in [1.54, 1.807) is 26.0 Å². The maximum absolute atomic E-state index is 15.6. The number of hydrogen-bond acceptors (Lipinski definition) is 35. The summed E-state index contributed by atoms with van der Waals surface area (Å²) in [7, 11) is 0. The Labute approximate surface area is 776 Å². The topological polar surface area (TPSA) is 615 Å². The molecule has 11 rings (SSSR count). The number of carbonyl (C=O) groups excluding carboxylic acids is 13. The number of ketones is 3. The molecule has 13 bridgehead atoms. The zero-order chi connectivity index (χ0) is 96.6. The van der Waals surface area contributed by atoms with Gasteiger partial charge >= 0.3 is 11.9 Å². The fourth-order valence-electron chi connectivity index (χ4n) is 14.4. The monoisotopic (exact) mass is 1910 g/mol. The lowest BCUT2D eigenvalue weighted by molar-refractivity contribution is -0.161. The number of ether oxygens (including phenoxy) is 1. The number of pyridine rings is 1. The second-order valence-electron chi connectivity index (χ2n) is 33.1. The number of hydrogen-bond donors (Lipinski definition) is 16. The minimum Gasteiger partial charge on any atom is -0.478 e. The van der Waals surface area contributed by atoms with Crippen molar-refractivity contribution in [1.29, 1.82) is 0 Å². The number of aliphatic hydroxyl groups excluding tert-OH is 4. The van der Waals surface area contributed by atoms with Gasteiger partial charge in [-0.15, -0.1) is 57.1 Å². The SMILES string of the molecule is C=C1NC(=O)C(C)CC(=O)C(C(C)CC)NC2C=Cc3c(C(C)O)cc(nc3C2O)C(=O)OC(C)C2NC(=O)c3csc(n3)C(C(C)(O)C(C)O)CC(=O)C3CSC(=N3)/C(=C/C)NC(=O)C(C(C)O)NC(=O)c3csc(n3)C3(CCC(c4nc(C(=O)NC(=C)C(=O)NC(=CNC(=O)c5cccc(C=NOC(C)(C)C(=O)O)c5)C(N)=O)cs4)=NC3c3csc2n3)NC(=O)C(C)CC1=O. The van der Waals surface area contributed by atoms with Gasteiger partial charge in [0.1, 0.15) is 90.5 Å². The van der Waals surface area contributed by atoms with E-state index in [1.807, 2.05) is 6.92 Å². The number of rotatable bonds is 18. The first-order chi connectivity index (χ1) is 62.2. The van der Waals surface area contributed by atoms with Crippen LogP contribution in [-0.2, 0) is 58.3 Å². The molecule has 9 amide bonds. The summed E-state index contributed by atoms with van der Waals surface area (Å²) in [6.07, 6.45) is -2.73. The molecule has 6 aromatic rings. The number of aliphatic hydroxyl groups is 5. The zero-order valence-electron chi connectivity index (χ0n) is 73.5. The number of aromatic nitrogens is 5. The molecule has 0 fully saturated rings. The Morgan fingerprint density at radius 2 is 1.49 bits per heavy atom. The molecule has 17 unspecified atom stereocenters. The molecule has 17 atom stereocenters. The number of oxime groups is 1.